The molecule has 0 spiro atoms. The Morgan fingerprint density at radius 3 is 2.23 bits per heavy atom. The van der Waals surface area contributed by atoms with Crippen LogP contribution in [0.3, 0.4) is 0 Å². The zero-order valence-electron chi connectivity index (χ0n) is 13.9. The Kier molecular flexibility index (Phi) is 4.35. The summed E-state index contributed by atoms with van der Waals surface area (Å²) >= 11 is 0. The van der Waals surface area contributed by atoms with Crippen LogP contribution in [0.25, 0.3) is 0 Å². The van der Waals surface area contributed by atoms with Gasteiger partial charge in [0.2, 0.25) is 19.5 Å². The van der Waals surface area contributed by atoms with Crippen LogP contribution in [0.4, 0.5) is 5.69 Å². The summed E-state index contributed by atoms with van der Waals surface area (Å²) in [5.41, 5.74) is 1.46. The van der Waals surface area contributed by atoms with Gasteiger partial charge in [-0.25, -0.2) is 0 Å². The molecular formula is C19H17NO6. The van der Waals surface area contributed by atoms with Crippen molar-refractivity contribution >= 4 is 17.4 Å². The Hall–Kier alpha value is -3.22. The minimum Gasteiger partial charge on any atom is -0.454 e. The highest BCUT2D eigenvalue weighted by molar-refractivity contribution is 5.94. The van der Waals surface area contributed by atoms with E-state index in [4.69, 9.17) is 18.9 Å². The molecule has 2 aromatic rings. The standard InChI is InChI=1S/C19H17NO6/c21-14(7-12-1-4-15-17(8-12)25-10-23-15)3-6-19(22)20-13-2-5-16-18(9-13)26-11-24-16/h1-2,4-5,8-9H,3,6-7,10-11H2,(H,20,22). The molecule has 1 N–H and O–H groups in total. The van der Waals surface area contributed by atoms with Gasteiger partial charge in [-0.1, -0.05) is 6.07 Å². The van der Waals surface area contributed by atoms with E-state index in [1.807, 2.05) is 6.07 Å². The molecule has 2 heterocycles. The number of ketones is 1. The van der Waals surface area contributed by atoms with Gasteiger partial charge >= 0.3 is 0 Å². The number of carbonyl (C=O) groups excluding carboxylic acids is 2. The van der Waals surface area contributed by atoms with Crippen LogP contribution in [0.1, 0.15) is 18.4 Å². The average Bonchev–Trinajstić information content (AvgIpc) is 3.28. The van der Waals surface area contributed by atoms with Crippen molar-refractivity contribution in [3.63, 3.8) is 0 Å². The van der Waals surface area contributed by atoms with E-state index in [0.29, 0.717) is 28.7 Å². The lowest BCUT2D eigenvalue weighted by Gasteiger charge is -2.06. The highest BCUT2D eigenvalue weighted by atomic mass is 16.7. The molecule has 0 saturated carbocycles. The monoisotopic (exact) mass is 355 g/mol. The molecule has 4 rings (SSSR count). The summed E-state index contributed by atoms with van der Waals surface area (Å²) in [5, 5.41) is 2.76. The lowest BCUT2D eigenvalue weighted by molar-refractivity contribution is -0.122. The van der Waals surface area contributed by atoms with Crippen molar-refractivity contribution in [3.8, 4) is 23.0 Å². The fourth-order valence-corrected chi connectivity index (χ4v) is 2.82. The van der Waals surface area contributed by atoms with E-state index in [2.05, 4.69) is 5.32 Å². The van der Waals surface area contributed by atoms with E-state index >= 15 is 0 Å². The lowest BCUT2D eigenvalue weighted by atomic mass is 10.0. The van der Waals surface area contributed by atoms with Gasteiger partial charge in [0.05, 0.1) is 0 Å². The molecule has 0 fully saturated rings. The van der Waals surface area contributed by atoms with E-state index in [9.17, 15) is 9.59 Å². The summed E-state index contributed by atoms with van der Waals surface area (Å²) in [7, 11) is 0. The highest BCUT2D eigenvalue weighted by Crippen LogP contribution is 2.34. The number of hydrogen-bond acceptors (Lipinski definition) is 6. The summed E-state index contributed by atoms with van der Waals surface area (Å²) in [5.74, 6) is 2.36. The minimum atomic E-state index is -0.220. The topological polar surface area (TPSA) is 83.1 Å². The average molecular weight is 355 g/mol. The van der Waals surface area contributed by atoms with Gasteiger partial charge in [-0.05, 0) is 29.8 Å². The summed E-state index contributed by atoms with van der Waals surface area (Å²) in [6, 6.07) is 10.6. The number of Topliss-reactive ketones (excluding diaryl/α,β-unsaturated/α-hetero) is 1. The second-order valence-corrected chi connectivity index (χ2v) is 6.02. The highest BCUT2D eigenvalue weighted by Gasteiger charge is 2.16. The third-order valence-electron chi connectivity index (χ3n) is 4.13. The molecule has 1 amide bonds. The van der Waals surface area contributed by atoms with Crippen molar-refractivity contribution in [2.75, 3.05) is 18.9 Å². The first kappa shape index (κ1) is 16.3. The number of hydrogen-bond donors (Lipinski definition) is 1. The second kappa shape index (κ2) is 6.95. The Morgan fingerprint density at radius 2 is 1.46 bits per heavy atom. The maximum absolute atomic E-state index is 12.1. The molecule has 134 valence electrons. The van der Waals surface area contributed by atoms with E-state index in [1.54, 1.807) is 30.3 Å². The Labute approximate surface area is 149 Å². The predicted octanol–water partition coefficient (Wildman–Crippen LogP) is 2.67. The lowest BCUT2D eigenvalue weighted by Crippen LogP contribution is -2.14. The molecule has 0 atom stereocenters. The minimum absolute atomic E-state index is 0.00954. The zero-order valence-corrected chi connectivity index (χ0v) is 13.9. The molecule has 2 aromatic carbocycles. The number of amides is 1. The van der Waals surface area contributed by atoms with Gasteiger partial charge in [0.25, 0.3) is 0 Å². The molecule has 7 heteroatoms. The maximum atomic E-state index is 12.1. The number of ether oxygens (including phenoxy) is 4. The van der Waals surface area contributed by atoms with Gasteiger partial charge < -0.3 is 24.3 Å². The largest absolute Gasteiger partial charge is 0.454 e. The SMILES string of the molecule is O=C(CCC(=O)Nc1ccc2c(c1)OCO2)Cc1ccc2c(c1)OCO2. The molecule has 2 aliphatic rings. The van der Waals surface area contributed by atoms with E-state index in [-0.39, 0.29) is 44.5 Å². The number of fused-ring (bicyclic) bond motifs is 2. The van der Waals surface area contributed by atoms with Crippen LogP contribution >= 0.6 is 0 Å². The third-order valence-corrected chi connectivity index (χ3v) is 4.13. The van der Waals surface area contributed by atoms with Crippen molar-refractivity contribution < 1.29 is 28.5 Å². The summed E-state index contributed by atoms with van der Waals surface area (Å²) in [6.45, 7) is 0.383. The number of nitrogens with one attached hydrogen (secondary N) is 1. The number of rotatable bonds is 6. The first-order valence-corrected chi connectivity index (χ1v) is 8.27. The van der Waals surface area contributed by atoms with Crippen LogP contribution in [-0.2, 0) is 16.0 Å². The van der Waals surface area contributed by atoms with Crippen LogP contribution in [-0.4, -0.2) is 25.3 Å². The Bertz CT molecular complexity index is 792. The number of benzene rings is 2. The van der Waals surface area contributed by atoms with Crippen molar-refractivity contribution in [1.29, 1.82) is 0 Å². The smallest absolute Gasteiger partial charge is 0.231 e. The van der Waals surface area contributed by atoms with E-state index < -0.39 is 0 Å². The van der Waals surface area contributed by atoms with Gasteiger partial charge in [-0.2, -0.15) is 0 Å². The first-order valence-electron chi connectivity index (χ1n) is 8.27. The van der Waals surface area contributed by atoms with Crippen molar-refractivity contribution in [2.24, 2.45) is 0 Å². The molecule has 2 aliphatic heterocycles. The molecule has 26 heavy (non-hydrogen) atoms. The van der Waals surface area contributed by atoms with Crippen molar-refractivity contribution in [1.82, 2.24) is 0 Å². The summed E-state index contributed by atoms with van der Waals surface area (Å²) in [4.78, 5) is 24.2. The normalized spacial score (nSPS) is 13.5. The predicted molar refractivity (Wildman–Crippen MR) is 91.7 cm³/mol. The van der Waals surface area contributed by atoms with Crippen molar-refractivity contribution in [3.05, 3.63) is 42.0 Å². The summed E-state index contributed by atoms with van der Waals surface area (Å²) < 4.78 is 21.0. The van der Waals surface area contributed by atoms with Gasteiger partial charge in [0.1, 0.15) is 5.78 Å². The van der Waals surface area contributed by atoms with Crippen LogP contribution in [0.5, 0.6) is 23.0 Å². The van der Waals surface area contributed by atoms with Crippen LogP contribution < -0.4 is 24.3 Å². The number of carbonyl (C=O) groups is 2. The van der Waals surface area contributed by atoms with Gasteiger partial charge in [0.15, 0.2) is 23.0 Å². The third kappa shape index (κ3) is 3.56. The molecule has 0 aromatic heterocycles. The van der Waals surface area contributed by atoms with E-state index in [1.165, 1.54) is 0 Å². The number of anilines is 1. The zero-order chi connectivity index (χ0) is 17.9. The van der Waals surface area contributed by atoms with Crippen LogP contribution in [0.15, 0.2) is 36.4 Å². The molecule has 7 nitrogen and oxygen atoms in total. The first-order chi connectivity index (χ1) is 12.7. The van der Waals surface area contributed by atoms with Crippen molar-refractivity contribution in [2.45, 2.75) is 19.3 Å². The fraction of sp³-hybridized carbons (Fsp3) is 0.263. The summed E-state index contributed by atoms with van der Waals surface area (Å²) in [6.07, 6.45) is 0.552. The second-order valence-electron chi connectivity index (χ2n) is 6.02. The van der Waals surface area contributed by atoms with Crippen LogP contribution in [0.2, 0.25) is 0 Å². The maximum Gasteiger partial charge on any atom is 0.231 e. The van der Waals surface area contributed by atoms with E-state index in [0.717, 1.165) is 5.56 Å². The van der Waals surface area contributed by atoms with Gasteiger partial charge in [-0.3, -0.25) is 9.59 Å². The quantitative estimate of drug-likeness (QED) is 0.858. The molecule has 0 unspecified atom stereocenters. The fourth-order valence-electron chi connectivity index (χ4n) is 2.82. The molecule has 0 aliphatic carbocycles. The van der Waals surface area contributed by atoms with Crippen LogP contribution in [0, 0.1) is 0 Å². The Balaban J connectivity index is 1.27. The van der Waals surface area contributed by atoms with Gasteiger partial charge in [0, 0.05) is 31.0 Å². The molecule has 0 bridgehead atoms. The molecular weight excluding hydrogens is 338 g/mol. The molecule has 0 radical (unpaired) electrons. The van der Waals surface area contributed by atoms with Gasteiger partial charge in [-0.15, -0.1) is 0 Å². The Morgan fingerprint density at radius 1 is 0.808 bits per heavy atom. The molecule has 0 saturated heterocycles.